The second-order valence-electron chi connectivity index (χ2n) is 6.51. The van der Waals surface area contributed by atoms with Crippen LogP contribution < -0.4 is 5.32 Å². The van der Waals surface area contributed by atoms with Gasteiger partial charge in [0.25, 0.3) is 5.69 Å². The summed E-state index contributed by atoms with van der Waals surface area (Å²) in [4.78, 5) is 23.6. The van der Waals surface area contributed by atoms with Crippen LogP contribution in [0.15, 0.2) is 24.3 Å². The van der Waals surface area contributed by atoms with E-state index in [1.54, 1.807) is 18.2 Å². The summed E-state index contributed by atoms with van der Waals surface area (Å²) in [6.07, 6.45) is 4.66. The molecule has 1 aliphatic heterocycles. The van der Waals surface area contributed by atoms with Crippen molar-refractivity contribution >= 4 is 11.5 Å². The van der Waals surface area contributed by atoms with E-state index in [0.29, 0.717) is 12.0 Å². The number of rotatable bonds is 3. The van der Waals surface area contributed by atoms with E-state index >= 15 is 0 Å². The van der Waals surface area contributed by atoms with Gasteiger partial charge in [-0.25, -0.2) is 0 Å². The summed E-state index contributed by atoms with van der Waals surface area (Å²) in [6, 6.07) is 6.74. The summed E-state index contributed by atoms with van der Waals surface area (Å²) in [5.41, 5.74) is 0.745. The number of nitrogens with zero attached hydrogens (tertiary/aromatic N) is 1. The van der Waals surface area contributed by atoms with Gasteiger partial charge in [0.15, 0.2) is 0 Å². The number of benzene rings is 1. The lowest BCUT2D eigenvalue weighted by atomic mass is 9.59. The molecule has 1 heterocycles. The molecule has 3 rings (SSSR count). The Balaban J connectivity index is 2.07. The number of carbonyl (C=O) groups excluding carboxylic acids is 1. The number of hydrogen-bond donors (Lipinski definition) is 1. The first-order chi connectivity index (χ1) is 10.6. The molecule has 22 heavy (non-hydrogen) atoms. The zero-order valence-corrected chi connectivity index (χ0v) is 12.9. The van der Waals surface area contributed by atoms with Gasteiger partial charge in [-0.3, -0.25) is 14.9 Å². The van der Waals surface area contributed by atoms with E-state index in [1.165, 1.54) is 6.07 Å². The predicted octanol–water partition coefficient (Wildman–Crippen LogP) is 3.19. The number of ketones is 1. The Hall–Kier alpha value is -1.75. The van der Waals surface area contributed by atoms with Gasteiger partial charge in [-0.15, -0.1) is 0 Å². The lowest BCUT2D eigenvalue weighted by Gasteiger charge is -2.50. The third-order valence-electron chi connectivity index (χ3n) is 5.60. The molecule has 0 spiro atoms. The van der Waals surface area contributed by atoms with Crippen LogP contribution in [0.1, 0.15) is 50.5 Å². The molecule has 0 radical (unpaired) electrons. The molecule has 1 unspecified atom stereocenters. The highest BCUT2D eigenvalue weighted by atomic mass is 16.6. The Labute approximate surface area is 130 Å². The summed E-state index contributed by atoms with van der Waals surface area (Å²) < 4.78 is 0. The highest BCUT2D eigenvalue weighted by Gasteiger charge is 2.50. The van der Waals surface area contributed by atoms with Gasteiger partial charge in [0.05, 0.1) is 10.8 Å². The Morgan fingerprint density at radius 3 is 2.86 bits per heavy atom. The number of nitrogens with one attached hydrogen (secondary N) is 1. The molecular formula is C17H22N2O3. The molecule has 1 aliphatic carbocycles. The van der Waals surface area contributed by atoms with Crippen LogP contribution in [0.25, 0.3) is 0 Å². The van der Waals surface area contributed by atoms with Gasteiger partial charge in [-0.1, -0.05) is 25.1 Å². The molecule has 0 bridgehead atoms. The Bertz CT molecular complexity index is 601. The fourth-order valence-corrected chi connectivity index (χ4v) is 4.38. The zero-order chi connectivity index (χ0) is 15.7. The molecule has 5 heteroatoms. The van der Waals surface area contributed by atoms with Crippen molar-refractivity contribution in [1.82, 2.24) is 5.32 Å². The average molecular weight is 302 g/mol. The van der Waals surface area contributed by atoms with Crippen molar-refractivity contribution in [3.63, 3.8) is 0 Å². The van der Waals surface area contributed by atoms with Crippen LogP contribution in [0.2, 0.25) is 0 Å². The maximum Gasteiger partial charge on any atom is 0.273 e. The van der Waals surface area contributed by atoms with Crippen LogP contribution in [0.5, 0.6) is 0 Å². The smallest absolute Gasteiger partial charge is 0.273 e. The predicted molar refractivity (Wildman–Crippen MR) is 83.8 cm³/mol. The summed E-state index contributed by atoms with van der Waals surface area (Å²) in [7, 11) is 0. The van der Waals surface area contributed by atoms with Crippen LogP contribution in [0.3, 0.4) is 0 Å². The van der Waals surface area contributed by atoms with Gasteiger partial charge in [0, 0.05) is 24.1 Å². The molecule has 0 amide bonds. The second-order valence-corrected chi connectivity index (χ2v) is 6.51. The summed E-state index contributed by atoms with van der Waals surface area (Å²) in [5, 5.41) is 14.9. The van der Waals surface area contributed by atoms with Gasteiger partial charge in [0.2, 0.25) is 0 Å². The number of hydrogen-bond acceptors (Lipinski definition) is 4. The highest BCUT2D eigenvalue weighted by molar-refractivity contribution is 5.89. The van der Waals surface area contributed by atoms with Crippen molar-refractivity contribution < 1.29 is 9.72 Å². The van der Waals surface area contributed by atoms with Gasteiger partial charge in [0.1, 0.15) is 5.78 Å². The number of fused-ring (bicyclic) bond motifs is 1. The number of nitro benzene ring substituents is 1. The Morgan fingerprint density at radius 1 is 1.36 bits per heavy atom. The zero-order valence-electron chi connectivity index (χ0n) is 12.9. The molecule has 1 aromatic rings. The average Bonchev–Trinajstić information content (AvgIpc) is 2.55. The summed E-state index contributed by atoms with van der Waals surface area (Å²) >= 11 is 0. The largest absolute Gasteiger partial charge is 0.312 e. The first-order valence-electron chi connectivity index (χ1n) is 8.08. The van der Waals surface area contributed by atoms with E-state index in [0.717, 1.165) is 32.2 Å². The first-order valence-corrected chi connectivity index (χ1v) is 8.08. The van der Waals surface area contributed by atoms with Crippen molar-refractivity contribution in [3.8, 4) is 0 Å². The Kier molecular flexibility index (Phi) is 4.00. The van der Waals surface area contributed by atoms with E-state index in [9.17, 15) is 14.9 Å². The Morgan fingerprint density at radius 2 is 2.14 bits per heavy atom. The number of Topliss-reactive ketones (excluding diaryl/α,β-unsaturated/α-hetero) is 1. The maximum absolute atomic E-state index is 12.6. The quantitative estimate of drug-likeness (QED) is 0.687. The third-order valence-corrected chi connectivity index (χ3v) is 5.60. The van der Waals surface area contributed by atoms with Crippen LogP contribution >= 0.6 is 0 Å². The van der Waals surface area contributed by atoms with Crippen LogP contribution in [0, 0.1) is 15.5 Å². The minimum Gasteiger partial charge on any atom is -0.312 e. The van der Waals surface area contributed by atoms with Crippen molar-refractivity contribution in [1.29, 1.82) is 0 Å². The van der Waals surface area contributed by atoms with Crippen molar-refractivity contribution in [2.45, 2.75) is 51.0 Å². The molecule has 2 aliphatic rings. The summed E-state index contributed by atoms with van der Waals surface area (Å²) in [5.74, 6) is -0.256. The fraction of sp³-hybridized carbons (Fsp3) is 0.588. The SMILES string of the molecule is CC[C@@]12CCCN[C@@H]1C(c1ccccc1[N+](=O)[O-])C(=O)CC2. The molecule has 5 nitrogen and oxygen atoms in total. The van der Waals surface area contributed by atoms with E-state index in [2.05, 4.69) is 12.2 Å². The van der Waals surface area contributed by atoms with E-state index in [1.807, 2.05) is 0 Å². The highest BCUT2D eigenvalue weighted by Crippen LogP contribution is 2.50. The molecular weight excluding hydrogens is 280 g/mol. The minimum absolute atomic E-state index is 0.0219. The molecule has 118 valence electrons. The van der Waals surface area contributed by atoms with Gasteiger partial charge < -0.3 is 5.32 Å². The molecule has 3 atom stereocenters. The van der Waals surface area contributed by atoms with Crippen LogP contribution in [-0.2, 0) is 4.79 Å². The second kappa shape index (κ2) is 5.80. The molecule has 1 saturated heterocycles. The molecule has 0 aromatic heterocycles. The van der Waals surface area contributed by atoms with E-state index in [-0.39, 0.29) is 27.9 Å². The van der Waals surface area contributed by atoms with Crippen molar-refractivity contribution in [3.05, 3.63) is 39.9 Å². The van der Waals surface area contributed by atoms with Gasteiger partial charge in [-0.05, 0) is 37.6 Å². The number of nitro groups is 1. The number of carbonyl (C=O) groups is 1. The third kappa shape index (κ3) is 2.33. The summed E-state index contributed by atoms with van der Waals surface area (Å²) in [6.45, 7) is 3.06. The monoisotopic (exact) mass is 302 g/mol. The lowest BCUT2D eigenvalue weighted by molar-refractivity contribution is -0.385. The molecule has 1 aromatic carbocycles. The van der Waals surface area contributed by atoms with Gasteiger partial charge >= 0.3 is 0 Å². The minimum atomic E-state index is -0.393. The maximum atomic E-state index is 12.6. The fourth-order valence-electron chi connectivity index (χ4n) is 4.38. The molecule has 1 saturated carbocycles. The van der Waals surface area contributed by atoms with Crippen LogP contribution in [-0.4, -0.2) is 23.3 Å². The van der Waals surface area contributed by atoms with E-state index < -0.39 is 5.92 Å². The molecule has 1 N–H and O–H groups in total. The van der Waals surface area contributed by atoms with Gasteiger partial charge in [-0.2, -0.15) is 0 Å². The number of para-hydroxylation sites is 1. The molecule has 2 fully saturated rings. The lowest BCUT2D eigenvalue weighted by Crippen LogP contribution is -2.57. The van der Waals surface area contributed by atoms with E-state index in [4.69, 9.17) is 0 Å². The van der Waals surface area contributed by atoms with Crippen LogP contribution in [0.4, 0.5) is 5.69 Å². The first kappa shape index (κ1) is 15.2. The topological polar surface area (TPSA) is 72.2 Å². The van der Waals surface area contributed by atoms with Crippen molar-refractivity contribution in [2.75, 3.05) is 6.54 Å². The van der Waals surface area contributed by atoms with Crippen molar-refractivity contribution in [2.24, 2.45) is 5.41 Å². The number of piperidine rings is 1. The standard InChI is InChI=1S/C17H22N2O3/c1-2-17-9-5-11-18-16(17)15(14(20)8-10-17)12-6-3-4-7-13(12)19(21)22/h3-4,6-7,15-16,18H,2,5,8-11H2,1H3/t15?,16-,17+/m1/s1. The normalized spacial score (nSPS) is 31.6.